The number of nitrogens with zero attached hydrogens (tertiary/aromatic N) is 6. The molecule has 1 heterocycles. The first kappa shape index (κ1) is 24.5. The monoisotopic (exact) mass is 504 g/mol. The Balaban J connectivity index is 2.08. The molecule has 186 valence electrons. The number of hydrogen-bond donors (Lipinski definition) is 0. The summed E-state index contributed by atoms with van der Waals surface area (Å²) >= 11 is 0. The number of rotatable bonds is 8. The van der Waals surface area contributed by atoms with Crippen LogP contribution in [-0.4, -0.2) is 31.7 Å². The van der Waals surface area contributed by atoms with E-state index in [0.29, 0.717) is 23.6 Å². The van der Waals surface area contributed by atoms with Crippen LogP contribution < -0.4 is 14.4 Å². The number of methoxy groups -OCH3 is 1. The molecule has 14 nitrogen and oxygen atoms in total. The summed E-state index contributed by atoms with van der Waals surface area (Å²) in [5, 5.41) is 53.1. The highest BCUT2D eigenvalue weighted by Gasteiger charge is 2.36. The second-order valence-corrected chi connectivity index (χ2v) is 7.47. The summed E-state index contributed by atoms with van der Waals surface area (Å²) in [5.74, 6) is -0.433. The molecule has 0 radical (unpaired) electrons. The van der Waals surface area contributed by atoms with Crippen LogP contribution in [0.3, 0.4) is 0 Å². The summed E-state index contributed by atoms with van der Waals surface area (Å²) in [4.78, 5) is 32.2. The Kier molecular flexibility index (Phi) is 6.55. The highest BCUT2D eigenvalue weighted by molar-refractivity contribution is 5.92. The van der Waals surface area contributed by atoms with Crippen LogP contribution in [0.1, 0.15) is 11.1 Å². The van der Waals surface area contributed by atoms with Gasteiger partial charge in [-0.1, -0.05) is 40.8 Å². The number of nitro benzene ring substituents is 3. The Morgan fingerprint density at radius 1 is 0.892 bits per heavy atom. The summed E-state index contributed by atoms with van der Waals surface area (Å²) in [6, 6.07) is 15.6. The Hall–Kier alpha value is -5.66. The van der Waals surface area contributed by atoms with E-state index in [2.05, 4.69) is 5.10 Å². The number of non-ortho nitro benzene ring substituents is 1. The molecule has 0 atom stereocenters. The molecule has 4 aromatic rings. The number of benzene rings is 3. The zero-order valence-corrected chi connectivity index (χ0v) is 19.0. The average molecular weight is 504 g/mol. The van der Waals surface area contributed by atoms with Crippen molar-refractivity contribution in [2.75, 3.05) is 7.11 Å². The van der Waals surface area contributed by atoms with E-state index in [4.69, 9.17) is 4.74 Å². The van der Waals surface area contributed by atoms with Crippen LogP contribution in [0.4, 0.5) is 17.1 Å². The minimum atomic E-state index is -1.02. The topological polar surface area (TPSA) is 183 Å². The van der Waals surface area contributed by atoms with Gasteiger partial charge in [0.05, 0.1) is 34.0 Å². The SMILES string of the molecule is COc1ccc(/C([O-])=C(/c2c([N+](=O)[O-])cc([N+](=O)[O-])cc2[N+](=O)[O-])n2c[n+](-c3ccccc3)cn2)cc1. The number of hydrogen-bond acceptors (Lipinski definition) is 9. The van der Waals surface area contributed by atoms with Gasteiger partial charge in [-0.3, -0.25) is 30.3 Å². The summed E-state index contributed by atoms with van der Waals surface area (Å²) in [7, 11) is 1.42. The number of ether oxygens (including phenoxy) is 1. The predicted molar refractivity (Wildman–Crippen MR) is 125 cm³/mol. The molecule has 0 N–H and O–H groups in total. The summed E-state index contributed by atoms with van der Waals surface area (Å²) < 4.78 is 7.54. The third-order valence-corrected chi connectivity index (χ3v) is 5.31. The van der Waals surface area contributed by atoms with Crippen molar-refractivity contribution in [2.24, 2.45) is 0 Å². The maximum Gasteiger partial charge on any atom is 0.294 e. The van der Waals surface area contributed by atoms with Crippen LogP contribution in [0.25, 0.3) is 17.1 Å². The number of nitro groups is 3. The molecule has 0 bridgehead atoms. The van der Waals surface area contributed by atoms with Gasteiger partial charge in [0.2, 0.25) is 6.33 Å². The molecular weight excluding hydrogens is 488 g/mol. The van der Waals surface area contributed by atoms with E-state index >= 15 is 0 Å². The van der Waals surface area contributed by atoms with E-state index in [-0.39, 0.29) is 5.56 Å². The van der Waals surface area contributed by atoms with Crippen LogP contribution in [0, 0.1) is 30.3 Å². The fourth-order valence-corrected chi connectivity index (χ4v) is 3.58. The molecule has 37 heavy (non-hydrogen) atoms. The lowest BCUT2D eigenvalue weighted by Crippen LogP contribution is -2.27. The lowest BCUT2D eigenvalue weighted by Gasteiger charge is -2.17. The lowest BCUT2D eigenvalue weighted by molar-refractivity contribution is -0.596. The highest BCUT2D eigenvalue weighted by atomic mass is 16.6. The van der Waals surface area contributed by atoms with E-state index in [1.165, 1.54) is 48.6 Å². The maximum atomic E-state index is 13.7. The van der Waals surface area contributed by atoms with E-state index < -0.39 is 48.9 Å². The van der Waals surface area contributed by atoms with Crippen molar-refractivity contribution in [3.63, 3.8) is 0 Å². The first-order valence-corrected chi connectivity index (χ1v) is 10.4. The standard InChI is InChI=1S/C23H16N6O8/c1-37-18-9-7-15(8-10-18)23(30)22(26-14-25(13-24-26)16-5-3-2-4-6-16)21-19(28(33)34)11-17(27(31)32)12-20(21)29(35)36/h2-14H,1H3/b23-22+. The van der Waals surface area contributed by atoms with Crippen molar-refractivity contribution in [2.45, 2.75) is 0 Å². The Labute approximate surface area is 207 Å². The first-order valence-electron chi connectivity index (χ1n) is 10.4. The molecule has 0 aliphatic heterocycles. The van der Waals surface area contributed by atoms with Gasteiger partial charge in [-0.25, -0.2) is 4.57 Å². The second kappa shape index (κ2) is 9.91. The van der Waals surface area contributed by atoms with Gasteiger partial charge in [0.15, 0.2) is 11.3 Å². The van der Waals surface area contributed by atoms with Crippen LogP contribution in [0.15, 0.2) is 79.4 Å². The molecule has 4 rings (SSSR count). The van der Waals surface area contributed by atoms with E-state index in [1.54, 1.807) is 30.3 Å². The molecule has 0 amide bonds. The molecule has 0 aliphatic carbocycles. The smallest absolute Gasteiger partial charge is 0.294 e. The van der Waals surface area contributed by atoms with Gasteiger partial charge in [-0.2, -0.15) is 0 Å². The summed E-state index contributed by atoms with van der Waals surface area (Å²) in [6.07, 6.45) is 2.61. The molecule has 0 unspecified atom stereocenters. The lowest BCUT2D eigenvalue weighted by atomic mass is 10.0. The zero-order chi connectivity index (χ0) is 26.7. The number of para-hydroxylation sites is 1. The van der Waals surface area contributed by atoms with Gasteiger partial charge in [-0.15, -0.1) is 0 Å². The Bertz CT molecular complexity index is 1510. The van der Waals surface area contributed by atoms with E-state index in [0.717, 1.165) is 4.68 Å². The molecule has 3 aromatic carbocycles. The third-order valence-electron chi connectivity index (χ3n) is 5.31. The quantitative estimate of drug-likeness (QED) is 0.114. The van der Waals surface area contributed by atoms with Crippen molar-refractivity contribution in [3.8, 4) is 11.4 Å². The van der Waals surface area contributed by atoms with Gasteiger partial charge >= 0.3 is 0 Å². The molecule has 1 aromatic heterocycles. The summed E-state index contributed by atoms with van der Waals surface area (Å²) in [6.45, 7) is 0. The summed E-state index contributed by atoms with van der Waals surface area (Å²) in [5.41, 5.74) is -3.52. The van der Waals surface area contributed by atoms with Crippen LogP contribution in [0.2, 0.25) is 0 Å². The molecule has 14 heteroatoms. The minimum Gasteiger partial charge on any atom is -0.870 e. The fourth-order valence-electron chi connectivity index (χ4n) is 3.58. The second-order valence-electron chi connectivity index (χ2n) is 7.47. The minimum absolute atomic E-state index is 0.0134. The molecule has 0 saturated carbocycles. The molecule has 0 fully saturated rings. The first-order chi connectivity index (χ1) is 17.7. The van der Waals surface area contributed by atoms with Crippen molar-refractivity contribution in [1.82, 2.24) is 9.78 Å². The van der Waals surface area contributed by atoms with Gasteiger partial charge in [0.25, 0.3) is 23.4 Å². The molecule has 0 spiro atoms. The van der Waals surface area contributed by atoms with Gasteiger partial charge in [-0.05, 0) is 29.8 Å². The normalized spacial score (nSPS) is 11.5. The highest BCUT2D eigenvalue weighted by Crippen LogP contribution is 2.40. The Morgan fingerprint density at radius 2 is 1.49 bits per heavy atom. The van der Waals surface area contributed by atoms with Gasteiger partial charge in [0.1, 0.15) is 11.4 Å². The molecular formula is C23H16N6O8. The van der Waals surface area contributed by atoms with Crippen molar-refractivity contribution < 1.29 is 29.2 Å². The largest absolute Gasteiger partial charge is 0.870 e. The van der Waals surface area contributed by atoms with E-state index in [9.17, 15) is 35.4 Å². The Morgan fingerprint density at radius 3 is 2.00 bits per heavy atom. The van der Waals surface area contributed by atoms with Crippen molar-refractivity contribution >= 4 is 28.5 Å². The fraction of sp³-hybridized carbons (Fsp3) is 0.0435. The maximum absolute atomic E-state index is 13.7. The average Bonchev–Trinajstić information content (AvgIpc) is 3.38. The predicted octanol–water partition coefficient (Wildman–Crippen LogP) is 2.63. The zero-order valence-electron chi connectivity index (χ0n) is 19.0. The molecule has 0 aliphatic rings. The number of aromatic nitrogens is 3. The van der Waals surface area contributed by atoms with Crippen molar-refractivity contribution in [1.29, 1.82) is 0 Å². The van der Waals surface area contributed by atoms with Crippen molar-refractivity contribution in [3.05, 3.63) is 121 Å². The molecule has 0 saturated heterocycles. The van der Waals surface area contributed by atoms with Crippen LogP contribution in [-0.2, 0) is 0 Å². The van der Waals surface area contributed by atoms with E-state index in [1.807, 2.05) is 0 Å². The third kappa shape index (κ3) is 4.79. The van der Waals surface area contributed by atoms with Crippen LogP contribution in [0.5, 0.6) is 5.75 Å². The van der Waals surface area contributed by atoms with Gasteiger partial charge in [0, 0.05) is 5.10 Å². The van der Waals surface area contributed by atoms with Crippen LogP contribution >= 0.6 is 0 Å². The van der Waals surface area contributed by atoms with Gasteiger partial charge < -0.3 is 9.84 Å².